The van der Waals surface area contributed by atoms with Crippen LogP contribution in [-0.4, -0.2) is 22.7 Å². The van der Waals surface area contributed by atoms with Crippen molar-refractivity contribution in [1.82, 2.24) is 0 Å². The summed E-state index contributed by atoms with van der Waals surface area (Å²) in [5.41, 5.74) is 1.05. The van der Waals surface area contributed by atoms with Crippen LogP contribution in [0.3, 0.4) is 0 Å². The maximum absolute atomic E-state index is 13.5. The van der Waals surface area contributed by atoms with E-state index in [0.29, 0.717) is 10.6 Å². The van der Waals surface area contributed by atoms with E-state index in [1.807, 2.05) is 0 Å². The summed E-state index contributed by atoms with van der Waals surface area (Å²) in [6.07, 6.45) is 0. The van der Waals surface area contributed by atoms with Crippen molar-refractivity contribution in [1.29, 1.82) is 0 Å². The van der Waals surface area contributed by atoms with Gasteiger partial charge in [-0.05, 0) is 85.6 Å². The lowest BCUT2D eigenvalue weighted by atomic mass is 10.1. The van der Waals surface area contributed by atoms with Gasteiger partial charge in [0.05, 0.1) is 26.7 Å². The van der Waals surface area contributed by atoms with E-state index in [2.05, 4.69) is 14.8 Å². The van der Waals surface area contributed by atoms with Crippen molar-refractivity contribution in [3.8, 4) is 0 Å². The van der Waals surface area contributed by atoms with Gasteiger partial charge in [-0.15, -0.1) is 0 Å². The fourth-order valence-electron chi connectivity index (χ4n) is 3.81. The summed E-state index contributed by atoms with van der Waals surface area (Å²) in [5.74, 6) is -1.26. The van der Waals surface area contributed by atoms with Gasteiger partial charge in [-0.25, -0.2) is 21.2 Å². The zero-order valence-electron chi connectivity index (χ0n) is 20.7. The summed E-state index contributed by atoms with van der Waals surface area (Å²) in [7, 11) is -8.18. The summed E-state index contributed by atoms with van der Waals surface area (Å²) >= 11 is 5.95. The molecule has 0 spiro atoms. The van der Waals surface area contributed by atoms with Crippen molar-refractivity contribution in [3.63, 3.8) is 0 Å². The molecule has 0 bridgehead atoms. The molecule has 4 aromatic carbocycles. The van der Waals surface area contributed by atoms with Gasteiger partial charge in [-0.2, -0.15) is 0 Å². The summed E-state index contributed by atoms with van der Waals surface area (Å²) in [5, 5.41) is 2.98. The Labute approximate surface area is 230 Å². The molecule has 1 amide bonds. The number of hydrogen-bond donors (Lipinski definition) is 3. The van der Waals surface area contributed by atoms with E-state index in [1.54, 1.807) is 37.3 Å². The second-order valence-corrected chi connectivity index (χ2v) is 12.3. The fourth-order valence-corrected chi connectivity index (χ4v) is 6.63. The van der Waals surface area contributed by atoms with Crippen molar-refractivity contribution in [2.24, 2.45) is 0 Å². The largest absolute Gasteiger partial charge is 0.322 e. The lowest BCUT2D eigenvalue weighted by molar-refractivity contribution is 0.102. The number of amides is 1. The van der Waals surface area contributed by atoms with Crippen molar-refractivity contribution in [3.05, 3.63) is 112 Å². The van der Waals surface area contributed by atoms with Gasteiger partial charge in [0.2, 0.25) is 0 Å². The first-order chi connectivity index (χ1) is 18.4. The highest BCUT2D eigenvalue weighted by Gasteiger charge is 2.22. The second kappa shape index (κ2) is 11.0. The van der Waals surface area contributed by atoms with Crippen molar-refractivity contribution in [2.75, 3.05) is 14.8 Å². The number of rotatable bonds is 8. The molecule has 0 radical (unpaired) electrons. The molecule has 0 saturated heterocycles. The highest BCUT2D eigenvalue weighted by Crippen LogP contribution is 2.27. The average molecular weight is 588 g/mol. The Hall–Kier alpha value is -3.93. The molecule has 4 aromatic rings. The highest BCUT2D eigenvalue weighted by atomic mass is 35.5. The summed E-state index contributed by atoms with van der Waals surface area (Å²) in [4.78, 5) is 13.0. The third kappa shape index (κ3) is 6.56. The first kappa shape index (κ1) is 28.1. The summed E-state index contributed by atoms with van der Waals surface area (Å²) in [6, 6.07) is 19.8. The monoisotopic (exact) mass is 587 g/mol. The van der Waals surface area contributed by atoms with Crippen LogP contribution in [0.4, 0.5) is 21.5 Å². The smallest absolute Gasteiger partial charge is 0.262 e. The van der Waals surface area contributed by atoms with E-state index in [9.17, 15) is 26.0 Å². The van der Waals surface area contributed by atoms with Crippen LogP contribution in [0.15, 0.2) is 94.7 Å². The molecule has 0 unspecified atom stereocenters. The molecule has 202 valence electrons. The molecule has 0 aliphatic heterocycles. The molecule has 4 rings (SSSR count). The van der Waals surface area contributed by atoms with Crippen LogP contribution in [0.25, 0.3) is 0 Å². The molecule has 39 heavy (non-hydrogen) atoms. The van der Waals surface area contributed by atoms with Crippen molar-refractivity contribution < 1.29 is 26.0 Å². The number of sulfonamides is 2. The number of halogens is 2. The van der Waals surface area contributed by atoms with Crippen LogP contribution in [0.1, 0.15) is 21.5 Å². The number of anilines is 3. The lowest BCUT2D eigenvalue weighted by Crippen LogP contribution is -2.20. The number of nitrogens with one attached hydrogen (secondary N) is 3. The van der Waals surface area contributed by atoms with E-state index in [0.717, 1.165) is 18.2 Å². The lowest BCUT2D eigenvalue weighted by Gasteiger charge is -2.15. The van der Waals surface area contributed by atoms with E-state index < -0.39 is 31.8 Å². The molecule has 12 heteroatoms. The van der Waals surface area contributed by atoms with Gasteiger partial charge in [-0.1, -0.05) is 35.9 Å². The molecule has 8 nitrogen and oxygen atoms in total. The minimum Gasteiger partial charge on any atom is -0.322 e. The van der Waals surface area contributed by atoms with Crippen LogP contribution in [0.5, 0.6) is 0 Å². The minimum atomic E-state index is -4.15. The Morgan fingerprint density at radius 1 is 0.718 bits per heavy atom. The molecular weight excluding hydrogens is 565 g/mol. The highest BCUT2D eigenvalue weighted by molar-refractivity contribution is 7.93. The Morgan fingerprint density at radius 3 is 2.15 bits per heavy atom. The molecule has 0 aliphatic carbocycles. The van der Waals surface area contributed by atoms with Gasteiger partial charge >= 0.3 is 0 Å². The Kier molecular flexibility index (Phi) is 7.96. The second-order valence-electron chi connectivity index (χ2n) is 8.61. The van der Waals surface area contributed by atoms with Gasteiger partial charge in [0, 0.05) is 10.7 Å². The van der Waals surface area contributed by atoms with Crippen LogP contribution in [0.2, 0.25) is 5.02 Å². The van der Waals surface area contributed by atoms with Crippen LogP contribution in [0, 0.1) is 19.7 Å². The van der Waals surface area contributed by atoms with Crippen LogP contribution in [-0.2, 0) is 20.0 Å². The van der Waals surface area contributed by atoms with E-state index in [1.165, 1.54) is 43.3 Å². The Balaban J connectivity index is 1.60. The quantitative estimate of drug-likeness (QED) is 0.235. The van der Waals surface area contributed by atoms with Gasteiger partial charge in [-0.3, -0.25) is 14.2 Å². The van der Waals surface area contributed by atoms with Crippen LogP contribution >= 0.6 is 11.6 Å². The molecule has 0 fully saturated rings. The normalized spacial score (nSPS) is 11.6. The molecule has 0 heterocycles. The summed E-state index contributed by atoms with van der Waals surface area (Å²) in [6.45, 7) is 3.07. The number of benzene rings is 4. The van der Waals surface area contributed by atoms with Gasteiger partial charge in [0.25, 0.3) is 26.0 Å². The molecule has 3 N–H and O–H groups in total. The first-order valence-corrected chi connectivity index (χ1v) is 14.8. The van der Waals surface area contributed by atoms with E-state index in [-0.39, 0.29) is 38.0 Å². The number of aryl methyl sites for hydroxylation is 2. The predicted molar refractivity (Wildman–Crippen MR) is 150 cm³/mol. The number of para-hydroxylation sites is 1. The maximum Gasteiger partial charge on any atom is 0.262 e. The first-order valence-electron chi connectivity index (χ1n) is 11.4. The van der Waals surface area contributed by atoms with E-state index in [4.69, 9.17) is 11.6 Å². The number of hydrogen-bond acceptors (Lipinski definition) is 5. The Morgan fingerprint density at radius 2 is 1.44 bits per heavy atom. The molecule has 0 saturated carbocycles. The molecule has 0 aromatic heterocycles. The fraction of sp³-hybridized carbons (Fsp3) is 0.0741. The minimum absolute atomic E-state index is 0.0112. The third-order valence-electron chi connectivity index (χ3n) is 5.65. The van der Waals surface area contributed by atoms with Crippen molar-refractivity contribution in [2.45, 2.75) is 23.6 Å². The van der Waals surface area contributed by atoms with Gasteiger partial charge < -0.3 is 5.32 Å². The maximum atomic E-state index is 13.5. The molecule has 0 atom stereocenters. The molecule has 0 aliphatic rings. The Bertz CT molecular complexity index is 1800. The van der Waals surface area contributed by atoms with Crippen molar-refractivity contribution >= 4 is 54.6 Å². The number of carbonyl (C=O) groups is 1. The predicted octanol–water partition coefficient (Wildman–Crippen LogP) is 5.95. The number of carbonyl (C=O) groups excluding carboxylic acids is 1. The standard InChI is InChI=1S/C27H23ClFN3O5S2/c1-17-10-12-21(16-26(17)39(36,37)31-22-7-5-6-19(28)15-22)30-27(33)23-8-3-4-9-24(23)32-38(34,35)25-13-11-20(29)14-18(25)2/h3-16,31-32H,1-2H3,(H,30,33). The van der Waals surface area contributed by atoms with Gasteiger partial charge in [0.15, 0.2) is 0 Å². The van der Waals surface area contributed by atoms with Crippen LogP contribution < -0.4 is 14.8 Å². The summed E-state index contributed by atoms with van der Waals surface area (Å²) < 4.78 is 70.4. The molecular formula is C27H23ClFN3O5S2. The average Bonchev–Trinajstić information content (AvgIpc) is 2.84. The zero-order chi connectivity index (χ0) is 28.4. The SMILES string of the molecule is Cc1ccc(NC(=O)c2ccccc2NS(=O)(=O)c2ccc(F)cc2C)cc1S(=O)(=O)Nc1cccc(Cl)c1. The third-order valence-corrected chi connectivity index (χ3v) is 8.94. The zero-order valence-corrected chi connectivity index (χ0v) is 23.1. The topological polar surface area (TPSA) is 121 Å². The van der Waals surface area contributed by atoms with Gasteiger partial charge in [0.1, 0.15) is 5.82 Å². The van der Waals surface area contributed by atoms with E-state index >= 15 is 0 Å².